The van der Waals surface area contributed by atoms with Gasteiger partial charge in [0.2, 0.25) is 10.0 Å². The number of halogens is 2. The summed E-state index contributed by atoms with van der Waals surface area (Å²) >= 11 is 0. The normalized spacial score (nSPS) is 12.3. The van der Waals surface area contributed by atoms with Crippen LogP contribution in [0.5, 0.6) is 0 Å². The molecule has 10 heteroatoms. The first-order valence-corrected chi connectivity index (χ1v) is 9.69. The van der Waals surface area contributed by atoms with Crippen LogP contribution in [0, 0.1) is 11.6 Å². The third-order valence-electron chi connectivity index (χ3n) is 3.56. The molecule has 1 amide bonds. The van der Waals surface area contributed by atoms with Crippen LogP contribution in [0.3, 0.4) is 0 Å². The van der Waals surface area contributed by atoms with E-state index in [-0.39, 0.29) is 22.7 Å². The lowest BCUT2D eigenvalue weighted by Gasteiger charge is -2.14. The number of carbonyl (C=O) groups is 2. The van der Waals surface area contributed by atoms with Gasteiger partial charge in [-0.3, -0.25) is 4.79 Å². The quantitative estimate of drug-likeness (QED) is 0.681. The third kappa shape index (κ3) is 5.33. The molecule has 0 aromatic heterocycles. The van der Waals surface area contributed by atoms with Crippen molar-refractivity contribution in [3.8, 4) is 0 Å². The Morgan fingerprint density at radius 2 is 1.86 bits per heavy atom. The molecule has 0 aliphatic rings. The van der Waals surface area contributed by atoms with E-state index in [2.05, 4.69) is 10.0 Å². The summed E-state index contributed by atoms with van der Waals surface area (Å²) in [5, 5.41) is 2.18. The number of hydrogen-bond acceptors (Lipinski definition) is 5. The van der Waals surface area contributed by atoms with Crippen LogP contribution >= 0.6 is 0 Å². The number of hydrogen-bond donors (Lipinski definition) is 2. The lowest BCUT2D eigenvalue weighted by Crippen LogP contribution is -2.30. The van der Waals surface area contributed by atoms with Crippen LogP contribution in [0.4, 0.5) is 14.5 Å². The number of anilines is 1. The highest BCUT2D eigenvalue weighted by atomic mass is 32.2. The van der Waals surface area contributed by atoms with Crippen LogP contribution in [-0.4, -0.2) is 32.9 Å². The molecule has 28 heavy (non-hydrogen) atoms. The van der Waals surface area contributed by atoms with Crippen molar-refractivity contribution in [2.75, 3.05) is 11.9 Å². The van der Waals surface area contributed by atoms with E-state index in [1.807, 2.05) is 0 Å². The molecule has 0 saturated heterocycles. The minimum atomic E-state index is -3.77. The predicted octanol–water partition coefficient (Wildman–Crippen LogP) is 2.45. The van der Waals surface area contributed by atoms with Crippen molar-refractivity contribution in [3.63, 3.8) is 0 Å². The molecule has 0 aliphatic carbocycles. The van der Waals surface area contributed by atoms with Crippen LogP contribution < -0.4 is 10.0 Å². The summed E-state index contributed by atoms with van der Waals surface area (Å²) in [6.07, 6.45) is -1.31. The molecule has 2 rings (SSSR count). The minimum absolute atomic E-state index is 0.0772. The van der Waals surface area contributed by atoms with Gasteiger partial charge in [-0.1, -0.05) is 13.0 Å². The van der Waals surface area contributed by atoms with Crippen molar-refractivity contribution in [2.24, 2.45) is 0 Å². The fourth-order valence-electron chi connectivity index (χ4n) is 2.17. The number of rotatable bonds is 7. The summed E-state index contributed by atoms with van der Waals surface area (Å²) < 4.78 is 57.8. The summed E-state index contributed by atoms with van der Waals surface area (Å²) in [5.74, 6) is -3.55. The Morgan fingerprint density at radius 1 is 1.14 bits per heavy atom. The van der Waals surface area contributed by atoms with E-state index < -0.39 is 39.6 Å². The molecular formula is C18H18F2N2O5S. The van der Waals surface area contributed by atoms with Gasteiger partial charge in [0.15, 0.2) is 6.10 Å². The van der Waals surface area contributed by atoms with Gasteiger partial charge in [0.25, 0.3) is 5.91 Å². The van der Waals surface area contributed by atoms with E-state index in [4.69, 9.17) is 4.74 Å². The molecule has 0 spiro atoms. The van der Waals surface area contributed by atoms with E-state index in [9.17, 15) is 26.8 Å². The van der Waals surface area contributed by atoms with Crippen LogP contribution in [0.25, 0.3) is 0 Å². The van der Waals surface area contributed by atoms with Gasteiger partial charge in [-0.15, -0.1) is 0 Å². The molecule has 2 aromatic rings. The van der Waals surface area contributed by atoms with Gasteiger partial charge in [0.1, 0.15) is 11.6 Å². The molecular weight excluding hydrogens is 394 g/mol. The van der Waals surface area contributed by atoms with Gasteiger partial charge < -0.3 is 10.1 Å². The molecule has 7 nitrogen and oxygen atoms in total. The standard InChI is InChI=1S/C18H18F2N2O5S/c1-3-21-28(25,26)14-6-4-5-12(9-14)18(24)27-11(2)17(23)22-16-8-7-13(19)10-15(16)20/h4-11,21H,3H2,1-2H3,(H,22,23). The topological polar surface area (TPSA) is 102 Å². The largest absolute Gasteiger partial charge is 0.449 e. The zero-order valence-electron chi connectivity index (χ0n) is 15.0. The van der Waals surface area contributed by atoms with Crippen LogP contribution in [-0.2, 0) is 19.6 Å². The summed E-state index contributed by atoms with van der Waals surface area (Å²) in [7, 11) is -3.77. The smallest absolute Gasteiger partial charge is 0.338 e. The van der Waals surface area contributed by atoms with Crippen molar-refractivity contribution in [2.45, 2.75) is 24.8 Å². The average molecular weight is 412 g/mol. The van der Waals surface area contributed by atoms with Crippen molar-refractivity contribution in [1.29, 1.82) is 0 Å². The molecule has 0 aliphatic heterocycles. The molecule has 0 fully saturated rings. The Hall–Kier alpha value is -2.85. The number of amides is 1. The van der Waals surface area contributed by atoms with Gasteiger partial charge in [0, 0.05) is 12.6 Å². The van der Waals surface area contributed by atoms with Crippen molar-refractivity contribution < 1.29 is 31.5 Å². The number of ether oxygens (including phenoxy) is 1. The van der Waals surface area contributed by atoms with E-state index in [1.54, 1.807) is 6.92 Å². The minimum Gasteiger partial charge on any atom is -0.449 e. The van der Waals surface area contributed by atoms with Gasteiger partial charge in [-0.05, 0) is 37.3 Å². The zero-order chi connectivity index (χ0) is 20.9. The molecule has 2 aromatic carbocycles. The molecule has 1 atom stereocenters. The second-order valence-electron chi connectivity index (χ2n) is 5.69. The number of benzene rings is 2. The fraction of sp³-hybridized carbons (Fsp3) is 0.222. The molecule has 0 heterocycles. The van der Waals surface area contributed by atoms with Crippen molar-refractivity contribution in [1.82, 2.24) is 4.72 Å². The zero-order valence-corrected chi connectivity index (χ0v) is 15.8. The molecule has 150 valence electrons. The van der Waals surface area contributed by atoms with Gasteiger partial charge in [-0.25, -0.2) is 26.7 Å². The summed E-state index contributed by atoms with van der Waals surface area (Å²) in [6.45, 7) is 3.04. The lowest BCUT2D eigenvalue weighted by molar-refractivity contribution is -0.123. The maximum Gasteiger partial charge on any atom is 0.338 e. The number of nitrogens with one attached hydrogen (secondary N) is 2. The fourth-order valence-corrected chi connectivity index (χ4v) is 3.26. The van der Waals surface area contributed by atoms with Gasteiger partial charge in [0.05, 0.1) is 16.1 Å². The first-order valence-electron chi connectivity index (χ1n) is 8.20. The Bertz CT molecular complexity index is 995. The number of sulfonamides is 1. The monoisotopic (exact) mass is 412 g/mol. The molecule has 0 radical (unpaired) electrons. The van der Waals surface area contributed by atoms with Crippen LogP contribution in [0.2, 0.25) is 0 Å². The molecule has 0 saturated carbocycles. The molecule has 1 unspecified atom stereocenters. The van der Waals surface area contributed by atoms with E-state index in [0.29, 0.717) is 6.07 Å². The summed E-state index contributed by atoms with van der Waals surface area (Å²) in [4.78, 5) is 24.2. The van der Waals surface area contributed by atoms with E-state index in [0.717, 1.165) is 18.2 Å². The van der Waals surface area contributed by atoms with Gasteiger partial charge >= 0.3 is 5.97 Å². The van der Waals surface area contributed by atoms with E-state index in [1.165, 1.54) is 25.1 Å². The Balaban J connectivity index is 2.08. The third-order valence-corrected chi connectivity index (χ3v) is 5.10. The Morgan fingerprint density at radius 3 is 2.50 bits per heavy atom. The summed E-state index contributed by atoms with van der Waals surface area (Å²) in [5.41, 5.74) is -0.348. The summed E-state index contributed by atoms with van der Waals surface area (Å²) in [6, 6.07) is 7.71. The highest BCUT2D eigenvalue weighted by molar-refractivity contribution is 7.89. The lowest BCUT2D eigenvalue weighted by atomic mass is 10.2. The average Bonchev–Trinajstić information content (AvgIpc) is 2.64. The molecule has 2 N–H and O–H groups in total. The Kier molecular flexibility index (Phi) is 6.81. The van der Waals surface area contributed by atoms with Crippen LogP contribution in [0.1, 0.15) is 24.2 Å². The van der Waals surface area contributed by atoms with Crippen molar-refractivity contribution >= 4 is 27.6 Å². The Labute approximate surface area is 160 Å². The van der Waals surface area contributed by atoms with E-state index >= 15 is 0 Å². The van der Waals surface area contributed by atoms with Crippen LogP contribution in [0.15, 0.2) is 47.4 Å². The maximum atomic E-state index is 13.6. The molecule has 0 bridgehead atoms. The number of carbonyl (C=O) groups excluding carboxylic acids is 2. The number of esters is 1. The second kappa shape index (κ2) is 8.89. The first kappa shape index (κ1) is 21.5. The predicted molar refractivity (Wildman–Crippen MR) is 97.2 cm³/mol. The maximum absolute atomic E-state index is 13.6. The highest BCUT2D eigenvalue weighted by Gasteiger charge is 2.22. The van der Waals surface area contributed by atoms with Gasteiger partial charge in [-0.2, -0.15) is 0 Å². The highest BCUT2D eigenvalue weighted by Crippen LogP contribution is 2.16. The SMILES string of the molecule is CCNS(=O)(=O)c1cccc(C(=O)OC(C)C(=O)Nc2ccc(F)cc2F)c1. The first-order chi connectivity index (χ1) is 13.1. The second-order valence-corrected chi connectivity index (χ2v) is 7.46. The van der Waals surface area contributed by atoms with Crippen molar-refractivity contribution in [3.05, 3.63) is 59.7 Å².